The molecule has 0 spiro atoms. The van der Waals surface area contributed by atoms with Gasteiger partial charge < -0.3 is 14.2 Å². The number of piperidine rings is 1. The minimum atomic E-state index is -4.86. The first-order valence-corrected chi connectivity index (χ1v) is 9.93. The monoisotopic (exact) mass is 396 g/mol. The van der Waals surface area contributed by atoms with Crippen molar-refractivity contribution in [1.82, 2.24) is 9.47 Å². The van der Waals surface area contributed by atoms with Gasteiger partial charge in [-0.3, -0.25) is 4.79 Å². The zero-order valence-corrected chi connectivity index (χ0v) is 16.2. The molecule has 28 heavy (non-hydrogen) atoms. The molecule has 3 rings (SSSR count). The molecule has 4 nitrogen and oxygen atoms in total. The quantitative estimate of drug-likeness (QED) is 0.609. The summed E-state index contributed by atoms with van der Waals surface area (Å²) >= 11 is 0. The molecule has 1 saturated heterocycles. The number of alkyl halides is 3. The fourth-order valence-electron chi connectivity index (χ4n) is 3.81. The van der Waals surface area contributed by atoms with E-state index in [0.717, 1.165) is 51.9 Å². The van der Waals surface area contributed by atoms with E-state index in [1.54, 1.807) is 28.8 Å². The number of halogens is 3. The number of Topliss-reactive ketones (excluding diaryl/α,β-unsaturated/α-hetero) is 1. The fraction of sp³-hybridized carbons (Fsp3) is 0.571. The van der Waals surface area contributed by atoms with Crippen LogP contribution in [0.25, 0.3) is 10.9 Å². The van der Waals surface area contributed by atoms with Crippen molar-refractivity contribution < 1.29 is 22.7 Å². The van der Waals surface area contributed by atoms with Gasteiger partial charge in [-0.15, -0.1) is 0 Å². The Balaban J connectivity index is 1.59. The second-order valence-electron chi connectivity index (χ2n) is 7.35. The molecule has 0 unspecified atom stereocenters. The van der Waals surface area contributed by atoms with E-state index in [0.29, 0.717) is 23.6 Å². The summed E-state index contributed by atoms with van der Waals surface area (Å²) in [5, 5.41) is 0.360. The molecule has 154 valence electrons. The Morgan fingerprint density at radius 1 is 1.18 bits per heavy atom. The smallest absolute Gasteiger partial charge is 0.378 e. The van der Waals surface area contributed by atoms with E-state index in [-0.39, 0.29) is 5.56 Å². The van der Waals surface area contributed by atoms with E-state index in [4.69, 9.17) is 4.74 Å². The number of rotatable bonds is 8. The second kappa shape index (κ2) is 9.09. The molecule has 1 aliphatic rings. The van der Waals surface area contributed by atoms with Crippen molar-refractivity contribution >= 4 is 16.7 Å². The fourth-order valence-corrected chi connectivity index (χ4v) is 3.81. The third kappa shape index (κ3) is 4.94. The third-order valence-corrected chi connectivity index (χ3v) is 5.26. The van der Waals surface area contributed by atoms with Crippen molar-refractivity contribution in [2.75, 3.05) is 26.2 Å². The van der Waals surface area contributed by atoms with E-state index in [1.807, 2.05) is 0 Å². The molecule has 1 fully saturated rings. The summed E-state index contributed by atoms with van der Waals surface area (Å²) in [6.07, 6.45) is 0.737. The van der Waals surface area contributed by atoms with Crippen molar-refractivity contribution in [1.29, 1.82) is 0 Å². The van der Waals surface area contributed by atoms with Gasteiger partial charge in [0.05, 0.1) is 11.7 Å². The Labute approximate surface area is 163 Å². The molecule has 1 aromatic heterocycles. The van der Waals surface area contributed by atoms with Crippen molar-refractivity contribution in [3.63, 3.8) is 0 Å². The molecule has 0 N–H and O–H groups in total. The van der Waals surface area contributed by atoms with Gasteiger partial charge in [-0.1, -0.05) is 25.1 Å². The molecule has 1 aromatic carbocycles. The topological polar surface area (TPSA) is 34.5 Å². The maximum Gasteiger partial charge on any atom is 0.454 e. The molecular weight excluding hydrogens is 369 g/mol. The lowest BCUT2D eigenvalue weighted by molar-refractivity contribution is -0.0884. The molecule has 0 radical (unpaired) electrons. The zero-order chi connectivity index (χ0) is 20.1. The van der Waals surface area contributed by atoms with Crippen LogP contribution in [0.3, 0.4) is 0 Å². The number of hydrogen-bond donors (Lipinski definition) is 0. The Bertz CT molecular complexity index is 793. The molecule has 2 heterocycles. The van der Waals surface area contributed by atoms with Crippen molar-refractivity contribution in [3.05, 3.63) is 36.0 Å². The lowest BCUT2D eigenvalue weighted by atomic mass is 10.1. The van der Waals surface area contributed by atoms with Gasteiger partial charge in [-0.25, -0.2) is 0 Å². The first-order valence-electron chi connectivity index (χ1n) is 9.93. The standard InChI is InChI=1S/C21H27F3N2O2/c1-2-14-28-16-8-12-25(13-9-16)10-5-11-26-15-18(20(27)21(22,23)24)17-6-3-4-7-19(17)26/h3-4,6-7,15-16H,2,5,8-14H2,1H3. The number of carbonyl (C=O) groups is 1. The van der Waals surface area contributed by atoms with Crippen LogP contribution in [-0.2, 0) is 11.3 Å². The maximum atomic E-state index is 12.9. The predicted octanol–water partition coefficient (Wildman–Crippen LogP) is 4.67. The van der Waals surface area contributed by atoms with Gasteiger partial charge in [0.25, 0.3) is 5.78 Å². The average molecular weight is 396 g/mol. The molecular formula is C21H27F3N2O2. The number of carbonyl (C=O) groups excluding carboxylic acids is 1. The SMILES string of the molecule is CCCOC1CCN(CCCn2cc(C(=O)C(F)(F)F)c3ccccc32)CC1. The van der Waals surface area contributed by atoms with E-state index in [2.05, 4.69) is 11.8 Å². The van der Waals surface area contributed by atoms with Gasteiger partial charge in [0.2, 0.25) is 0 Å². The van der Waals surface area contributed by atoms with Crippen LogP contribution in [0.4, 0.5) is 13.2 Å². The van der Waals surface area contributed by atoms with Gasteiger partial charge in [-0.2, -0.15) is 13.2 Å². The summed E-state index contributed by atoms with van der Waals surface area (Å²) in [6.45, 7) is 6.35. The Hall–Kier alpha value is -1.86. The summed E-state index contributed by atoms with van der Waals surface area (Å²) in [7, 11) is 0. The van der Waals surface area contributed by atoms with Gasteiger partial charge in [0, 0.05) is 43.3 Å². The number of nitrogens with zero attached hydrogens (tertiary/aromatic N) is 2. The van der Waals surface area contributed by atoms with Crippen LogP contribution in [0.2, 0.25) is 0 Å². The molecule has 7 heteroatoms. The first kappa shape index (κ1) is 20.9. The molecule has 0 bridgehead atoms. The molecule has 1 aliphatic heterocycles. The van der Waals surface area contributed by atoms with E-state index < -0.39 is 12.0 Å². The van der Waals surface area contributed by atoms with Gasteiger partial charge in [0.15, 0.2) is 0 Å². The third-order valence-electron chi connectivity index (χ3n) is 5.26. The van der Waals surface area contributed by atoms with Crippen molar-refractivity contribution in [3.8, 4) is 0 Å². The Kier molecular flexibility index (Phi) is 6.78. The number of aryl methyl sites for hydroxylation is 1. The van der Waals surface area contributed by atoms with E-state index in [9.17, 15) is 18.0 Å². The normalized spacial score (nSPS) is 16.7. The number of ketones is 1. The number of para-hydroxylation sites is 1. The number of fused-ring (bicyclic) bond motifs is 1. The van der Waals surface area contributed by atoms with Crippen LogP contribution in [0.5, 0.6) is 0 Å². The molecule has 0 aliphatic carbocycles. The summed E-state index contributed by atoms with van der Waals surface area (Å²) < 4.78 is 46.3. The van der Waals surface area contributed by atoms with Crippen LogP contribution in [0.15, 0.2) is 30.5 Å². The number of hydrogen-bond acceptors (Lipinski definition) is 3. The Morgan fingerprint density at radius 3 is 2.57 bits per heavy atom. The number of likely N-dealkylation sites (tertiary alicyclic amines) is 1. The Morgan fingerprint density at radius 2 is 1.89 bits per heavy atom. The summed E-state index contributed by atoms with van der Waals surface area (Å²) in [5.74, 6) is -1.78. The second-order valence-corrected chi connectivity index (χ2v) is 7.35. The molecule has 0 amide bonds. The maximum absolute atomic E-state index is 12.9. The molecule has 2 aromatic rings. The summed E-state index contributed by atoms with van der Waals surface area (Å²) in [4.78, 5) is 14.1. The van der Waals surface area contributed by atoms with Crippen LogP contribution in [0, 0.1) is 0 Å². The summed E-state index contributed by atoms with van der Waals surface area (Å²) in [6, 6.07) is 6.78. The lowest BCUT2D eigenvalue weighted by Gasteiger charge is -2.31. The van der Waals surface area contributed by atoms with Crippen molar-refractivity contribution in [2.45, 2.75) is 51.4 Å². The number of benzene rings is 1. The highest BCUT2D eigenvalue weighted by molar-refractivity contribution is 6.10. The van der Waals surface area contributed by atoms with Crippen LogP contribution >= 0.6 is 0 Å². The summed E-state index contributed by atoms with van der Waals surface area (Å²) in [5.41, 5.74) is 0.402. The number of ether oxygens (including phenoxy) is 1. The highest BCUT2D eigenvalue weighted by Gasteiger charge is 2.40. The van der Waals surface area contributed by atoms with E-state index in [1.165, 1.54) is 6.20 Å². The van der Waals surface area contributed by atoms with Crippen LogP contribution in [-0.4, -0.2) is 53.8 Å². The minimum Gasteiger partial charge on any atom is -0.378 e. The molecule has 0 atom stereocenters. The predicted molar refractivity (Wildman–Crippen MR) is 103 cm³/mol. The van der Waals surface area contributed by atoms with Crippen LogP contribution < -0.4 is 0 Å². The van der Waals surface area contributed by atoms with Crippen molar-refractivity contribution in [2.24, 2.45) is 0 Å². The minimum absolute atomic E-state index is 0.267. The lowest BCUT2D eigenvalue weighted by Crippen LogP contribution is -2.37. The van der Waals surface area contributed by atoms with Gasteiger partial charge in [0.1, 0.15) is 0 Å². The zero-order valence-electron chi connectivity index (χ0n) is 16.2. The average Bonchev–Trinajstić information content (AvgIpc) is 3.05. The number of aromatic nitrogens is 1. The molecule has 0 saturated carbocycles. The first-order chi connectivity index (χ1) is 13.4. The largest absolute Gasteiger partial charge is 0.454 e. The highest BCUT2D eigenvalue weighted by Crippen LogP contribution is 2.28. The van der Waals surface area contributed by atoms with E-state index >= 15 is 0 Å². The van der Waals surface area contributed by atoms with Crippen LogP contribution in [0.1, 0.15) is 43.0 Å². The van der Waals surface area contributed by atoms with Gasteiger partial charge >= 0.3 is 6.18 Å². The highest BCUT2D eigenvalue weighted by atomic mass is 19.4. The van der Waals surface area contributed by atoms with Gasteiger partial charge in [-0.05, 0) is 38.3 Å².